The van der Waals surface area contributed by atoms with Crippen molar-refractivity contribution in [2.24, 2.45) is 0 Å². The van der Waals surface area contributed by atoms with E-state index >= 15 is 0 Å². The van der Waals surface area contributed by atoms with E-state index in [9.17, 15) is 8.42 Å². The fourth-order valence-electron chi connectivity index (χ4n) is 2.16. The molecule has 0 amide bonds. The van der Waals surface area contributed by atoms with Gasteiger partial charge in [0.05, 0.1) is 22.9 Å². The summed E-state index contributed by atoms with van der Waals surface area (Å²) >= 11 is 0. The van der Waals surface area contributed by atoms with Crippen LogP contribution in [-0.4, -0.2) is 48.9 Å². The fraction of sp³-hybridized carbons (Fsp3) is 0.643. The molecule has 1 aromatic rings. The third kappa shape index (κ3) is 4.85. The molecule has 1 fully saturated rings. The molecule has 1 N–H and O–H groups in total. The van der Waals surface area contributed by atoms with E-state index in [2.05, 4.69) is 29.0 Å². The summed E-state index contributed by atoms with van der Waals surface area (Å²) < 4.78 is 22.8. The first-order valence-electron chi connectivity index (χ1n) is 7.05. The molecule has 1 aliphatic heterocycles. The molecule has 2 heterocycles. The van der Waals surface area contributed by atoms with Crippen molar-refractivity contribution < 1.29 is 8.42 Å². The van der Waals surface area contributed by atoms with Crippen molar-refractivity contribution in [2.45, 2.75) is 33.0 Å². The van der Waals surface area contributed by atoms with Crippen molar-refractivity contribution in [3.63, 3.8) is 0 Å². The van der Waals surface area contributed by atoms with Crippen molar-refractivity contribution in [2.75, 3.05) is 24.6 Å². The number of nitrogens with zero attached hydrogens (tertiary/aromatic N) is 2. The van der Waals surface area contributed by atoms with E-state index < -0.39 is 9.84 Å². The summed E-state index contributed by atoms with van der Waals surface area (Å²) in [5.41, 5.74) is 2.04. The Balaban J connectivity index is 1.91. The number of hydrogen-bond donors (Lipinski definition) is 1. The zero-order chi connectivity index (χ0) is 14.6. The first-order valence-corrected chi connectivity index (χ1v) is 8.88. The third-order valence-corrected chi connectivity index (χ3v) is 4.99. The van der Waals surface area contributed by atoms with Crippen LogP contribution in [0.25, 0.3) is 0 Å². The van der Waals surface area contributed by atoms with Crippen LogP contribution in [0.5, 0.6) is 0 Å². The zero-order valence-corrected chi connectivity index (χ0v) is 13.0. The van der Waals surface area contributed by atoms with E-state index in [1.54, 1.807) is 0 Å². The van der Waals surface area contributed by atoms with Gasteiger partial charge in [-0.1, -0.05) is 19.9 Å². The predicted octanol–water partition coefficient (Wildman–Crippen LogP) is 0.810. The highest BCUT2D eigenvalue weighted by molar-refractivity contribution is 7.91. The van der Waals surface area contributed by atoms with Crippen LogP contribution in [-0.2, 0) is 22.9 Å². The number of sulfone groups is 1. The summed E-state index contributed by atoms with van der Waals surface area (Å²) in [4.78, 5) is 6.78. The van der Waals surface area contributed by atoms with Crippen LogP contribution < -0.4 is 5.32 Å². The van der Waals surface area contributed by atoms with Gasteiger partial charge in [0.25, 0.3) is 0 Å². The number of rotatable bonds is 5. The Bertz CT molecular complexity index is 529. The van der Waals surface area contributed by atoms with E-state index in [0.29, 0.717) is 19.1 Å². The van der Waals surface area contributed by atoms with Gasteiger partial charge >= 0.3 is 0 Å². The quantitative estimate of drug-likeness (QED) is 0.871. The first kappa shape index (κ1) is 15.4. The lowest BCUT2D eigenvalue weighted by atomic mass is 10.2. The highest BCUT2D eigenvalue weighted by Crippen LogP contribution is 2.09. The second kappa shape index (κ2) is 6.65. The summed E-state index contributed by atoms with van der Waals surface area (Å²) in [6.45, 7) is 6.93. The second-order valence-electron chi connectivity index (χ2n) is 5.58. The highest BCUT2D eigenvalue weighted by atomic mass is 32.2. The molecule has 1 saturated heterocycles. The van der Waals surface area contributed by atoms with E-state index in [-0.39, 0.29) is 11.5 Å². The van der Waals surface area contributed by atoms with Gasteiger partial charge in [-0.3, -0.25) is 9.88 Å². The van der Waals surface area contributed by atoms with Crippen molar-refractivity contribution in [1.29, 1.82) is 0 Å². The minimum Gasteiger partial charge on any atom is -0.309 e. The van der Waals surface area contributed by atoms with Gasteiger partial charge in [0, 0.05) is 32.2 Å². The van der Waals surface area contributed by atoms with E-state index in [1.807, 2.05) is 18.2 Å². The molecule has 0 radical (unpaired) electrons. The predicted molar refractivity (Wildman–Crippen MR) is 80.1 cm³/mol. The molecule has 2 rings (SSSR count). The number of hydrogen-bond acceptors (Lipinski definition) is 5. The summed E-state index contributed by atoms with van der Waals surface area (Å²) in [6, 6.07) is 6.47. The Morgan fingerprint density at radius 1 is 1.25 bits per heavy atom. The third-order valence-electron chi connectivity index (χ3n) is 3.38. The van der Waals surface area contributed by atoms with Crippen molar-refractivity contribution >= 4 is 9.84 Å². The highest BCUT2D eigenvalue weighted by Gasteiger charge is 2.21. The Morgan fingerprint density at radius 2 is 1.90 bits per heavy atom. The molecule has 6 heteroatoms. The average Bonchev–Trinajstić information content (AvgIpc) is 2.39. The van der Waals surface area contributed by atoms with Gasteiger partial charge < -0.3 is 5.32 Å². The Kier molecular flexibility index (Phi) is 5.12. The van der Waals surface area contributed by atoms with Crippen LogP contribution in [0.15, 0.2) is 18.2 Å². The minimum absolute atomic E-state index is 0.265. The molecule has 0 aliphatic carbocycles. The normalized spacial score (nSPS) is 19.4. The lowest BCUT2D eigenvalue weighted by Crippen LogP contribution is -2.39. The topological polar surface area (TPSA) is 62.3 Å². The molecule has 0 spiro atoms. The zero-order valence-electron chi connectivity index (χ0n) is 12.2. The molecule has 20 heavy (non-hydrogen) atoms. The van der Waals surface area contributed by atoms with Gasteiger partial charge in [0.2, 0.25) is 0 Å². The van der Waals surface area contributed by atoms with Gasteiger partial charge in [-0.15, -0.1) is 0 Å². The lowest BCUT2D eigenvalue weighted by Gasteiger charge is -2.26. The maximum absolute atomic E-state index is 11.4. The molecular weight excluding hydrogens is 274 g/mol. The first-order chi connectivity index (χ1) is 9.44. The Hall–Kier alpha value is -0.980. The van der Waals surface area contributed by atoms with Crippen LogP contribution in [0, 0.1) is 0 Å². The minimum atomic E-state index is -2.81. The summed E-state index contributed by atoms with van der Waals surface area (Å²) in [5.74, 6) is 0.531. The molecule has 5 nitrogen and oxygen atoms in total. The van der Waals surface area contributed by atoms with Gasteiger partial charge in [0.1, 0.15) is 0 Å². The smallest absolute Gasteiger partial charge is 0.152 e. The molecule has 0 bridgehead atoms. The van der Waals surface area contributed by atoms with Crippen LogP contribution in [0.2, 0.25) is 0 Å². The molecule has 0 saturated carbocycles. The molecule has 0 unspecified atom stereocenters. The monoisotopic (exact) mass is 297 g/mol. The number of nitrogens with one attached hydrogen (secondary N) is 1. The van der Waals surface area contributed by atoms with Crippen LogP contribution in [0.4, 0.5) is 0 Å². The van der Waals surface area contributed by atoms with Gasteiger partial charge in [-0.05, 0) is 12.1 Å². The maximum atomic E-state index is 11.4. The van der Waals surface area contributed by atoms with Crippen LogP contribution in [0.1, 0.15) is 25.2 Å². The van der Waals surface area contributed by atoms with Gasteiger partial charge in [-0.25, -0.2) is 8.42 Å². The van der Waals surface area contributed by atoms with Crippen molar-refractivity contribution in [1.82, 2.24) is 15.2 Å². The summed E-state index contributed by atoms with van der Waals surface area (Å²) in [7, 11) is -2.81. The second-order valence-corrected chi connectivity index (χ2v) is 7.89. The molecular formula is C14H23N3O2S. The SMILES string of the molecule is CC(C)NCc1cccc(CN2CCS(=O)(=O)CC2)n1. The van der Waals surface area contributed by atoms with E-state index in [1.165, 1.54) is 0 Å². The standard InChI is InChI=1S/C14H23N3O2S/c1-12(2)15-10-13-4-3-5-14(16-13)11-17-6-8-20(18,19)9-7-17/h3-5,12,15H,6-11H2,1-2H3. The van der Waals surface area contributed by atoms with Gasteiger partial charge in [0.15, 0.2) is 9.84 Å². The van der Waals surface area contributed by atoms with Crippen LogP contribution >= 0.6 is 0 Å². The molecule has 1 aliphatic rings. The van der Waals surface area contributed by atoms with Gasteiger partial charge in [-0.2, -0.15) is 0 Å². The van der Waals surface area contributed by atoms with Crippen molar-refractivity contribution in [3.8, 4) is 0 Å². The molecule has 0 aromatic carbocycles. The van der Waals surface area contributed by atoms with E-state index in [4.69, 9.17) is 0 Å². The largest absolute Gasteiger partial charge is 0.309 e. The average molecular weight is 297 g/mol. The number of aromatic nitrogens is 1. The fourth-order valence-corrected chi connectivity index (χ4v) is 3.44. The maximum Gasteiger partial charge on any atom is 0.152 e. The lowest BCUT2D eigenvalue weighted by molar-refractivity contribution is 0.284. The Morgan fingerprint density at radius 3 is 2.55 bits per heavy atom. The van der Waals surface area contributed by atoms with Crippen LogP contribution in [0.3, 0.4) is 0 Å². The number of pyridine rings is 1. The molecule has 0 atom stereocenters. The van der Waals surface area contributed by atoms with Crippen molar-refractivity contribution in [3.05, 3.63) is 29.6 Å². The molecule has 112 valence electrons. The summed E-state index contributed by atoms with van der Waals surface area (Å²) in [6.07, 6.45) is 0. The molecule has 1 aromatic heterocycles. The Labute approximate surface area is 121 Å². The van der Waals surface area contributed by atoms with E-state index in [0.717, 1.165) is 24.5 Å². The summed E-state index contributed by atoms with van der Waals surface area (Å²) in [5, 5.41) is 3.35.